The molecule has 1 aromatic carbocycles. The van der Waals surface area contributed by atoms with Crippen molar-refractivity contribution < 1.29 is 0 Å². The lowest BCUT2D eigenvalue weighted by Crippen LogP contribution is -2.33. The maximum absolute atomic E-state index is 5.77. The Labute approximate surface area is 115 Å². The smallest absolute Gasteiger partial charge is 0.0746 e. The predicted octanol–water partition coefficient (Wildman–Crippen LogP) is 3.14. The third-order valence-corrected chi connectivity index (χ3v) is 3.78. The molecule has 2 nitrogen and oxygen atoms in total. The fourth-order valence-corrected chi connectivity index (χ4v) is 2.59. The minimum absolute atomic E-state index is 0.342. The molecule has 3 heteroatoms. The molecule has 18 heavy (non-hydrogen) atoms. The van der Waals surface area contributed by atoms with Gasteiger partial charge in [0.1, 0.15) is 0 Å². The fraction of sp³-hybridized carbons (Fsp3) is 0.533. The molecule has 1 aliphatic rings. The molecule has 1 aliphatic carbocycles. The average molecular weight is 262 g/mol. The molecule has 0 spiro atoms. The van der Waals surface area contributed by atoms with Crippen LogP contribution in [0.25, 0.3) is 0 Å². The molecule has 2 rings (SSSR count). The molecule has 0 amide bonds. The van der Waals surface area contributed by atoms with Gasteiger partial charge in [-0.15, -0.1) is 0 Å². The third-order valence-electron chi connectivity index (χ3n) is 3.62. The Morgan fingerprint density at radius 1 is 1.39 bits per heavy atom. The quantitative estimate of drug-likeness (QED) is 0.766. The molecule has 1 saturated carbocycles. The first-order valence-electron chi connectivity index (χ1n) is 6.78. The fourth-order valence-electron chi connectivity index (χ4n) is 2.43. The molecule has 1 aromatic rings. The summed E-state index contributed by atoms with van der Waals surface area (Å²) in [5.41, 5.74) is 7.10. The number of hydrogen-bond acceptors (Lipinski definition) is 2. The van der Waals surface area contributed by atoms with Crippen molar-refractivity contribution in [2.24, 2.45) is 11.7 Å². The highest BCUT2D eigenvalue weighted by atomic mass is 32.1. The molecule has 1 unspecified atom stereocenters. The van der Waals surface area contributed by atoms with Crippen LogP contribution in [0.4, 0.5) is 0 Å². The third kappa shape index (κ3) is 3.79. The molecule has 1 fully saturated rings. The van der Waals surface area contributed by atoms with Crippen molar-refractivity contribution in [2.75, 3.05) is 13.1 Å². The van der Waals surface area contributed by atoms with E-state index in [0.717, 1.165) is 18.9 Å². The highest BCUT2D eigenvalue weighted by Crippen LogP contribution is 2.33. The summed E-state index contributed by atoms with van der Waals surface area (Å²) in [6.45, 7) is 4.45. The summed E-state index contributed by atoms with van der Waals surface area (Å²) >= 11 is 5.12. The monoisotopic (exact) mass is 262 g/mol. The molecule has 98 valence electrons. The van der Waals surface area contributed by atoms with Crippen molar-refractivity contribution in [3.05, 3.63) is 35.9 Å². The summed E-state index contributed by atoms with van der Waals surface area (Å²) < 4.78 is 0. The van der Waals surface area contributed by atoms with E-state index in [2.05, 4.69) is 42.2 Å². The predicted molar refractivity (Wildman–Crippen MR) is 80.6 cm³/mol. The number of rotatable bonds is 7. The normalized spacial score (nSPS) is 16.8. The van der Waals surface area contributed by atoms with Gasteiger partial charge in [-0.3, -0.25) is 4.90 Å². The SMILES string of the molecule is CCN(CC1CC1)C(CC(N)=S)c1ccccc1. The van der Waals surface area contributed by atoms with Crippen molar-refractivity contribution in [1.29, 1.82) is 0 Å². The van der Waals surface area contributed by atoms with Crippen LogP contribution in [0.2, 0.25) is 0 Å². The number of nitrogens with two attached hydrogens (primary N) is 1. The number of nitrogens with zero attached hydrogens (tertiary/aromatic N) is 1. The zero-order chi connectivity index (χ0) is 13.0. The van der Waals surface area contributed by atoms with E-state index in [1.807, 2.05) is 0 Å². The standard InChI is InChI=1S/C15H22N2S/c1-2-17(11-12-8-9-12)14(10-15(16)18)13-6-4-3-5-7-13/h3-7,12,14H,2,8-11H2,1H3,(H2,16,18). The lowest BCUT2D eigenvalue weighted by Gasteiger charge is -2.31. The van der Waals surface area contributed by atoms with Crippen LogP contribution in [0.5, 0.6) is 0 Å². The van der Waals surface area contributed by atoms with Crippen LogP contribution in [0.3, 0.4) is 0 Å². The number of hydrogen-bond donors (Lipinski definition) is 1. The molecule has 0 radical (unpaired) electrons. The van der Waals surface area contributed by atoms with Gasteiger partial charge >= 0.3 is 0 Å². The molecular weight excluding hydrogens is 240 g/mol. The Morgan fingerprint density at radius 2 is 2.06 bits per heavy atom. The van der Waals surface area contributed by atoms with Crippen LogP contribution in [0.1, 0.15) is 37.8 Å². The highest BCUT2D eigenvalue weighted by Gasteiger charge is 2.28. The Balaban J connectivity index is 2.14. The summed E-state index contributed by atoms with van der Waals surface area (Å²) in [6.07, 6.45) is 3.54. The summed E-state index contributed by atoms with van der Waals surface area (Å²) in [5, 5.41) is 0. The first-order valence-corrected chi connectivity index (χ1v) is 7.18. The van der Waals surface area contributed by atoms with Crippen molar-refractivity contribution in [2.45, 2.75) is 32.2 Å². The van der Waals surface area contributed by atoms with Gasteiger partial charge in [0, 0.05) is 19.0 Å². The van der Waals surface area contributed by atoms with Crippen LogP contribution in [-0.2, 0) is 0 Å². The molecular formula is C15H22N2S. The Kier molecular flexibility index (Phi) is 4.72. The first-order chi connectivity index (χ1) is 8.70. The first kappa shape index (κ1) is 13.5. The lowest BCUT2D eigenvalue weighted by atomic mass is 10.0. The summed E-state index contributed by atoms with van der Waals surface area (Å²) in [6, 6.07) is 10.9. The van der Waals surface area contributed by atoms with Crippen molar-refractivity contribution >= 4 is 17.2 Å². The van der Waals surface area contributed by atoms with E-state index in [1.54, 1.807) is 0 Å². The number of thiocarbonyl (C=S) groups is 1. The second-order valence-electron chi connectivity index (χ2n) is 5.13. The zero-order valence-corrected chi connectivity index (χ0v) is 11.8. The minimum Gasteiger partial charge on any atom is -0.393 e. The maximum atomic E-state index is 5.77. The number of benzene rings is 1. The topological polar surface area (TPSA) is 29.3 Å². The van der Waals surface area contributed by atoms with Crippen LogP contribution < -0.4 is 5.73 Å². The summed E-state index contributed by atoms with van der Waals surface area (Å²) in [7, 11) is 0. The summed E-state index contributed by atoms with van der Waals surface area (Å²) in [4.78, 5) is 3.13. The van der Waals surface area contributed by atoms with E-state index in [9.17, 15) is 0 Å². The van der Waals surface area contributed by atoms with E-state index < -0.39 is 0 Å². The Hall–Kier alpha value is -0.930. The van der Waals surface area contributed by atoms with Gasteiger partial charge in [0.25, 0.3) is 0 Å². The van der Waals surface area contributed by atoms with Gasteiger partial charge in [-0.2, -0.15) is 0 Å². The largest absolute Gasteiger partial charge is 0.393 e. The Morgan fingerprint density at radius 3 is 2.56 bits per heavy atom. The maximum Gasteiger partial charge on any atom is 0.0746 e. The average Bonchev–Trinajstić information content (AvgIpc) is 3.18. The van der Waals surface area contributed by atoms with E-state index >= 15 is 0 Å². The molecule has 0 aromatic heterocycles. The second kappa shape index (κ2) is 6.30. The van der Waals surface area contributed by atoms with E-state index in [-0.39, 0.29) is 0 Å². The van der Waals surface area contributed by atoms with E-state index in [1.165, 1.54) is 24.9 Å². The van der Waals surface area contributed by atoms with Gasteiger partial charge in [0.05, 0.1) is 4.99 Å². The minimum atomic E-state index is 0.342. The molecule has 0 heterocycles. The molecule has 0 aliphatic heterocycles. The highest BCUT2D eigenvalue weighted by molar-refractivity contribution is 7.80. The van der Waals surface area contributed by atoms with Crippen molar-refractivity contribution in [3.63, 3.8) is 0 Å². The van der Waals surface area contributed by atoms with Crippen molar-refractivity contribution in [1.82, 2.24) is 4.90 Å². The second-order valence-corrected chi connectivity index (χ2v) is 5.65. The van der Waals surface area contributed by atoms with Crippen LogP contribution >= 0.6 is 12.2 Å². The van der Waals surface area contributed by atoms with Crippen LogP contribution in [0.15, 0.2) is 30.3 Å². The van der Waals surface area contributed by atoms with Gasteiger partial charge in [-0.05, 0) is 30.9 Å². The van der Waals surface area contributed by atoms with Gasteiger partial charge in [-0.1, -0.05) is 49.5 Å². The van der Waals surface area contributed by atoms with Gasteiger partial charge in [0.2, 0.25) is 0 Å². The van der Waals surface area contributed by atoms with Crippen molar-refractivity contribution in [3.8, 4) is 0 Å². The summed E-state index contributed by atoms with van der Waals surface area (Å²) in [5.74, 6) is 0.891. The van der Waals surface area contributed by atoms with Crippen LogP contribution in [-0.4, -0.2) is 23.0 Å². The molecule has 2 N–H and O–H groups in total. The van der Waals surface area contributed by atoms with Gasteiger partial charge < -0.3 is 5.73 Å². The van der Waals surface area contributed by atoms with Gasteiger partial charge in [0.15, 0.2) is 0 Å². The van der Waals surface area contributed by atoms with E-state index in [0.29, 0.717) is 11.0 Å². The van der Waals surface area contributed by atoms with E-state index in [4.69, 9.17) is 18.0 Å². The van der Waals surface area contributed by atoms with Crippen LogP contribution in [0, 0.1) is 5.92 Å². The molecule has 1 atom stereocenters. The Bertz CT molecular complexity index is 387. The zero-order valence-electron chi connectivity index (χ0n) is 11.0. The van der Waals surface area contributed by atoms with Gasteiger partial charge in [-0.25, -0.2) is 0 Å². The lowest BCUT2D eigenvalue weighted by molar-refractivity contribution is 0.203. The molecule has 0 bridgehead atoms. The molecule has 0 saturated heterocycles.